The number of aromatic nitrogens is 1. The van der Waals surface area contributed by atoms with Gasteiger partial charge in [0.05, 0.1) is 4.90 Å². The molecule has 33 heavy (non-hydrogen) atoms. The SMILES string of the molecule is CC(C)N1CCN(c2ccc(-c3ccc(S(=O)(=O)N4CCC(N(C)C)CC4)cc3)cn2)CC1. The lowest BCUT2D eigenvalue weighted by atomic mass is 10.1. The lowest BCUT2D eigenvalue weighted by Crippen LogP contribution is -2.49. The summed E-state index contributed by atoms with van der Waals surface area (Å²) in [6.45, 7) is 9.73. The lowest BCUT2D eigenvalue weighted by molar-refractivity contribution is 0.196. The second-order valence-electron chi connectivity index (χ2n) is 9.65. The van der Waals surface area contributed by atoms with E-state index >= 15 is 0 Å². The Kier molecular flexibility index (Phi) is 7.38. The number of sulfonamides is 1. The number of piperazine rings is 1. The predicted molar refractivity (Wildman–Crippen MR) is 134 cm³/mol. The number of hydrogen-bond acceptors (Lipinski definition) is 6. The molecule has 0 atom stereocenters. The highest BCUT2D eigenvalue weighted by molar-refractivity contribution is 7.89. The van der Waals surface area contributed by atoms with Crippen LogP contribution in [0, 0.1) is 0 Å². The van der Waals surface area contributed by atoms with Gasteiger partial charge >= 0.3 is 0 Å². The van der Waals surface area contributed by atoms with Crippen LogP contribution < -0.4 is 4.90 Å². The van der Waals surface area contributed by atoms with Crippen molar-refractivity contribution in [3.05, 3.63) is 42.6 Å². The fourth-order valence-corrected chi connectivity index (χ4v) is 6.25. The Morgan fingerprint density at radius 2 is 1.48 bits per heavy atom. The van der Waals surface area contributed by atoms with E-state index in [-0.39, 0.29) is 0 Å². The molecule has 0 saturated carbocycles. The topological polar surface area (TPSA) is 60.0 Å². The van der Waals surface area contributed by atoms with Gasteiger partial charge in [-0.2, -0.15) is 4.31 Å². The Bertz CT molecular complexity index is 1010. The first-order valence-electron chi connectivity index (χ1n) is 12.0. The molecule has 0 N–H and O–H groups in total. The Balaban J connectivity index is 1.40. The highest BCUT2D eigenvalue weighted by atomic mass is 32.2. The Labute approximate surface area is 199 Å². The molecule has 3 heterocycles. The summed E-state index contributed by atoms with van der Waals surface area (Å²) >= 11 is 0. The molecule has 0 unspecified atom stereocenters. The highest BCUT2D eigenvalue weighted by Crippen LogP contribution is 2.26. The molecule has 0 spiro atoms. The number of nitrogens with zero attached hydrogens (tertiary/aromatic N) is 5. The maximum Gasteiger partial charge on any atom is 0.243 e. The van der Waals surface area contributed by atoms with Gasteiger partial charge in [-0.15, -0.1) is 0 Å². The Hall–Kier alpha value is -2.00. The van der Waals surface area contributed by atoms with Crippen LogP contribution in [-0.2, 0) is 10.0 Å². The van der Waals surface area contributed by atoms with Gasteiger partial charge in [0.1, 0.15) is 5.82 Å². The van der Waals surface area contributed by atoms with Crippen LogP contribution in [0.1, 0.15) is 26.7 Å². The van der Waals surface area contributed by atoms with E-state index in [0.29, 0.717) is 30.1 Å². The normalized spacial score (nSPS) is 19.5. The van der Waals surface area contributed by atoms with E-state index in [1.54, 1.807) is 16.4 Å². The van der Waals surface area contributed by atoms with Gasteiger partial charge < -0.3 is 9.80 Å². The summed E-state index contributed by atoms with van der Waals surface area (Å²) in [6.07, 6.45) is 3.63. The smallest absolute Gasteiger partial charge is 0.243 e. The zero-order valence-electron chi connectivity index (χ0n) is 20.3. The first-order valence-corrected chi connectivity index (χ1v) is 13.4. The summed E-state index contributed by atoms with van der Waals surface area (Å²) in [5, 5.41) is 0. The van der Waals surface area contributed by atoms with E-state index < -0.39 is 10.0 Å². The maximum absolute atomic E-state index is 13.1. The highest BCUT2D eigenvalue weighted by Gasteiger charge is 2.30. The molecule has 2 aromatic rings. The number of pyridine rings is 1. The fourth-order valence-electron chi connectivity index (χ4n) is 4.78. The van der Waals surface area contributed by atoms with Crippen LogP contribution in [0.4, 0.5) is 5.82 Å². The van der Waals surface area contributed by atoms with Crippen LogP contribution in [0.15, 0.2) is 47.5 Å². The molecule has 4 rings (SSSR count). The van der Waals surface area contributed by atoms with E-state index in [1.165, 1.54) is 0 Å². The van der Waals surface area contributed by atoms with Gasteiger partial charge in [-0.05, 0) is 70.6 Å². The molecule has 2 aliphatic rings. The van der Waals surface area contributed by atoms with Gasteiger partial charge in [0.15, 0.2) is 0 Å². The third-order valence-corrected chi connectivity index (χ3v) is 9.01. The van der Waals surface area contributed by atoms with Crippen LogP contribution in [0.2, 0.25) is 0 Å². The molecule has 8 heteroatoms. The lowest BCUT2D eigenvalue weighted by Gasteiger charge is -2.37. The largest absolute Gasteiger partial charge is 0.354 e. The zero-order valence-corrected chi connectivity index (χ0v) is 21.1. The Morgan fingerprint density at radius 1 is 0.879 bits per heavy atom. The summed E-state index contributed by atoms with van der Waals surface area (Å²) < 4.78 is 27.8. The van der Waals surface area contributed by atoms with Crippen LogP contribution in [0.25, 0.3) is 11.1 Å². The third kappa shape index (κ3) is 5.40. The van der Waals surface area contributed by atoms with Crippen molar-refractivity contribution >= 4 is 15.8 Å². The van der Waals surface area contributed by atoms with Gasteiger partial charge in [0, 0.05) is 63.1 Å². The molecule has 0 aliphatic carbocycles. The molecule has 2 aliphatic heterocycles. The van der Waals surface area contributed by atoms with E-state index in [2.05, 4.69) is 54.8 Å². The summed E-state index contributed by atoms with van der Waals surface area (Å²) in [5.74, 6) is 1.00. The summed E-state index contributed by atoms with van der Waals surface area (Å²) in [6, 6.07) is 12.4. The first-order chi connectivity index (χ1) is 15.8. The van der Waals surface area contributed by atoms with Crippen LogP contribution in [0.5, 0.6) is 0 Å². The molecular formula is C25H37N5O2S. The van der Waals surface area contributed by atoms with Crippen molar-refractivity contribution in [3.8, 4) is 11.1 Å². The molecule has 2 saturated heterocycles. The van der Waals surface area contributed by atoms with Crippen LogP contribution in [0.3, 0.4) is 0 Å². The minimum absolute atomic E-state index is 0.363. The van der Waals surface area contributed by atoms with Gasteiger partial charge in [0.2, 0.25) is 10.0 Å². The predicted octanol–water partition coefficient (Wildman–Crippen LogP) is 2.99. The minimum atomic E-state index is -3.45. The van der Waals surface area contributed by atoms with E-state index in [1.807, 2.05) is 18.3 Å². The van der Waals surface area contributed by atoms with Gasteiger partial charge in [0.25, 0.3) is 0 Å². The molecule has 1 aromatic heterocycles. The molecule has 180 valence electrons. The van der Waals surface area contributed by atoms with E-state index in [9.17, 15) is 8.42 Å². The fraction of sp³-hybridized carbons (Fsp3) is 0.560. The monoisotopic (exact) mass is 471 g/mol. The van der Waals surface area contributed by atoms with Crippen LogP contribution in [-0.4, -0.2) is 93.0 Å². The van der Waals surface area contributed by atoms with Crippen molar-refractivity contribution in [2.24, 2.45) is 0 Å². The molecule has 0 bridgehead atoms. The number of anilines is 1. The van der Waals surface area contributed by atoms with Gasteiger partial charge in [-0.1, -0.05) is 12.1 Å². The first kappa shape index (κ1) is 24.1. The second kappa shape index (κ2) is 10.1. The van der Waals surface area contributed by atoms with Gasteiger partial charge in [-0.25, -0.2) is 13.4 Å². The van der Waals surface area contributed by atoms with E-state index in [4.69, 9.17) is 4.98 Å². The van der Waals surface area contributed by atoms with Gasteiger partial charge in [-0.3, -0.25) is 4.90 Å². The van der Waals surface area contributed by atoms with E-state index in [0.717, 1.165) is 56.0 Å². The van der Waals surface area contributed by atoms with Crippen molar-refractivity contribution < 1.29 is 8.42 Å². The number of benzene rings is 1. The maximum atomic E-state index is 13.1. The number of piperidine rings is 1. The van der Waals surface area contributed by atoms with Crippen molar-refractivity contribution in [1.29, 1.82) is 0 Å². The zero-order chi connectivity index (χ0) is 23.6. The molecule has 7 nitrogen and oxygen atoms in total. The molecule has 1 aromatic carbocycles. The van der Waals surface area contributed by atoms with Crippen molar-refractivity contribution in [2.75, 3.05) is 58.3 Å². The second-order valence-corrected chi connectivity index (χ2v) is 11.6. The summed E-state index contributed by atoms with van der Waals surface area (Å²) in [4.78, 5) is 12.1. The molecule has 0 radical (unpaired) electrons. The minimum Gasteiger partial charge on any atom is -0.354 e. The van der Waals surface area contributed by atoms with Crippen LogP contribution >= 0.6 is 0 Å². The molecule has 0 amide bonds. The summed E-state index contributed by atoms with van der Waals surface area (Å²) in [7, 11) is 0.661. The standard InChI is InChI=1S/C25H37N5O2S/c1-20(2)28-15-17-29(18-16-28)25-10-7-22(19-26-25)21-5-8-24(9-6-21)33(31,32)30-13-11-23(12-14-30)27(3)4/h5-10,19-20,23H,11-18H2,1-4H3. The molecule has 2 fully saturated rings. The van der Waals surface area contributed by atoms with Crippen molar-refractivity contribution in [3.63, 3.8) is 0 Å². The van der Waals surface area contributed by atoms with Crippen molar-refractivity contribution in [1.82, 2.24) is 19.1 Å². The summed E-state index contributed by atoms with van der Waals surface area (Å²) in [5.41, 5.74) is 1.97. The van der Waals surface area contributed by atoms with Crippen molar-refractivity contribution in [2.45, 2.75) is 43.7 Å². The average molecular weight is 472 g/mol. The average Bonchev–Trinajstić information content (AvgIpc) is 2.84. The quantitative estimate of drug-likeness (QED) is 0.646. The third-order valence-electron chi connectivity index (χ3n) is 7.10. The molecular weight excluding hydrogens is 434 g/mol. The Morgan fingerprint density at radius 3 is 2.00 bits per heavy atom. The number of rotatable bonds is 6. The number of hydrogen-bond donors (Lipinski definition) is 0.